The van der Waals surface area contributed by atoms with E-state index in [4.69, 9.17) is 0 Å². The normalized spacial score (nSPS) is 21.1. The van der Waals surface area contributed by atoms with Crippen LogP contribution < -0.4 is 5.32 Å². The summed E-state index contributed by atoms with van der Waals surface area (Å²) in [5, 5.41) is 3.63. The van der Waals surface area contributed by atoms with Crippen molar-refractivity contribution in [3.8, 4) is 0 Å². The van der Waals surface area contributed by atoms with Crippen LogP contribution in [0.15, 0.2) is 48.5 Å². The number of halogens is 1. The molecule has 1 aliphatic carbocycles. The summed E-state index contributed by atoms with van der Waals surface area (Å²) in [6.07, 6.45) is 2.01. The Kier molecular flexibility index (Phi) is 3.96. The van der Waals surface area contributed by atoms with Gasteiger partial charge in [-0.25, -0.2) is 4.39 Å². The number of nitrogens with one attached hydrogen (secondary N) is 1. The van der Waals surface area contributed by atoms with Crippen molar-refractivity contribution in [2.75, 3.05) is 5.32 Å². The second-order valence-corrected chi connectivity index (χ2v) is 6.27. The van der Waals surface area contributed by atoms with Crippen LogP contribution >= 0.6 is 0 Å². The topological polar surface area (TPSA) is 12.0 Å². The zero-order chi connectivity index (χ0) is 14.8. The van der Waals surface area contributed by atoms with E-state index < -0.39 is 0 Å². The Labute approximate surface area is 126 Å². The van der Waals surface area contributed by atoms with Crippen LogP contribution in [0.25, 0.3) is 0 Å². The lowest BCUT2D eigenvalue weighted by Crippen LogP contribution is -2.34. The molecule has 0 saturated heterocycles. The van der Waals surface area contributed by atoms with Crippen molar-refractivity contribution in [1.29, 1.82) is 0 Å². The van der Waals surface area contributed by atoms with Crippen molar-refractivity contribution in [2.45, 2.75) is 44.6 Å². The zero-order valence-electron chi connectivity index (χ0n) is 12.6. The van der Waals surface area contributed by atoms with E-state index in [1.807, 2.05) is 12.1 Å². The molecule has 1 nitrogen and oxygen atoms in total. The third-order valence-corrected chi connectivity index (χ3v) is 4.43. The first-order valence-corrected chi connectivity index (χ1v) is 7.75. The Morgan fingerprint density at radius 2 is 1.67 bits per heavy atom. The fraction of sp³-hybridized carbons (Fsp3) is 0.368. The molecule has 2 aromatic carbocycles. The van der Waals surface area contributed by atoms with Gasteiger partial charge < -0.3 is 5.32 Å². The van der Waals surface area contributed by atoms with Crippen molar-refractivity contribution in [2.24, 2.45) is 0 Å². The van der Waals surface area contributed by atoms with E-state index in [0.29, 0.717) is 17.9 Å². The molecular formula is C19H22FN. The molecule has 110 valence electrons. The van der Waals surface area contributed by atoms with Gasteiger partial charge in [-0.2, -0.15) is 0 Å². The summed E-state index contributed by atoms with van der Waals surface area (Å²) in [7, 11) is 0. The van der Waals surface area contributed by atoms with Crippen molar-refractivity contribution in [1.82, 2.24) is 0 Å². The first-order chi connectivity index (χ1) is 10.1. The summed E-state index contributed by atoms with van der Waals surface area (Å²) < 4.78 is 13.8. The highest BCUT2D eigenvalue weighted by Crippen LogP contribution is 2.40. The molecule has 1 saturated carbocycles. The second kappa shape index (κ2) is 5.88. The Bertz CT molecular complexity index is 614. The number of benzene rings is 2. The summed E-state index contributed by atoms with van der Waals surface area (Å²) in [6.45, 7) is 4.42. The smallest absolute Gasteiger partial charge is 0.126 e. The lowest BCUT2D eigenvalue weighted by atomic mass is 9.75. The van der Waals surface area contributed by atoms with E-state index in [9.17, 15) is 4.39 Å². The van der Waals surface area contributed by atoms with Gasteiger partial charge in [-0.15, -0.1) is 0 Å². The number of anilines is 1. The van der Waals surface area contributed by atoms with Crippen molar-refractivity contribution in [3.05, 3.63) is 65.5 Å². The van der Waals surface area contributed by atoms with E-state index in [2.05, 4.69) is 43.4 Å². The van der Waals surface area contributed by atoms with Gasteiger partial charge >= 0.3 is 0 Å². The van der Waals surface area contributed by atoms with Gasteiger partial charge in [0.1, 0.15) is 5.82 Å². The Balaban J connectivity index is 1.64. The van der Waals surface area contributed by atoms with Gasteiger partial charge in [0.15, 0.2) is 0 Å². The zero-order valence-corrected chi connectivity index (χ0v) is 12.6. The highest BCUT2D eigenvalue weighted by Gasteiger charge is 2.32. The molecule has 0 aliphatic heterocycles. The summed E-state index contributed by atoms with van der Waals surface area (Å²) in [6, 6.07) is 16.1. The molecule has 0 amide bonds. The van der Waals surface area contributed by atoms with Crippen LogP contribution in [-0.4, -0.2) is 6.04 Å². The molecule has 3 rings (SSSR count). The van der Waals surface area contributed by atoms with Crippen LogP contribution in [0.2, 0.25) is 0 Å². The van der Waals surface area contributed by atoms with Gasteiger partial charge in [-0.1, -0.05) is 50.2 Å². The second-order valence-electron chi connectivity index (χ2n) is 6.27. The number of hydrogen-bond acceptors (Lipinski definition) is 1. The van der Waals surface area contributed by atoms with Crippen LogP contribution in [0.3, 0.4) is 0 Å². The average molecular weight is 283 g/mol. The van der Waals surface area contributed by atoms with Crippen LogP contribution in [0.5, 0.6) is 0 Å². The molecule has 0 unspecified atom stereocenters. The predicted octanol–water partition coefficient (Wildman–Crippen LogP) is 5.31. The summed E-state index contributed by atoms with van der Waals surface area (Å²) in [5.74, 6) is 0.801. The molecule has 2 heteroatoms. The molecule has 0 bridgehead atoms. The summed E-state index contributed by atoms with van der Waals surface area (Å²) >= 11 is 0. The van der Waals surface area contributed by atoms with E-state index in [1.165, 1.54) is 11.3 Å². The minimum atomic E-state index is -0.0662. The maximum atomic E-state index is 13.8. The predicted molar refractivity (Wildman–Crippen MR) is 86.3 cm³/mol. The molecule has 0 spiro atoms. The molecule has 0 radical (unpaired) electrons. The molecule has 0 atom stereocenters. The van der Waals surface area contributed by atoms with Crippen LogP contribution in [0.4, 0.5) is 10.1 Å². The van der Waals surface area contributed by atoms with Crippen molar-refractivity contribution >= 4 is 5.69 Å². The van der Waals surface area contributed by atoms with Crippen LogP contribution in [0.1, 0.15) is 49.7 Å². The number of rotatable bonds is 4. The number of hydrogen-bond donors (Lipinski definition) is 1. The Morgan fingerprint density at radius 1 is 1.00 bits per heavy atom. The van der Waals surface area contributed by atoms with Crippen LogP contribution in [-0.2, 0) is 0 Å². The van der Waals surface area contributed by atoms with E-state index in [1.54, 1.807) is 12.1 Å². The minimum absolute atomic E-state index is 0.0662. The van der Waals surface area contributed by atoms with Gasteiger partial charge in [-0.3, -0.25) is 0 Å². The average Bonchev–Trinajstić information content (AvgIpc) is 2.44. The van der Waals surface area contributed by atoms with Crippen LogP contribution in [0, 0.1) is 5.82 Å². The molecule has 1 fully saturated rings. The molecule has 1 N–H and O–H groups in total. The lowest BCUT2D eigenvalue weighted by Gasteiger charge is -2.37. The van der Waals surface area contributed by atoms with E-state index in [-0.39, 0.29) is 5.82 Å². The molecule has 2 aromatic rings. The lowest BCUT2D eigenvalue weighted by molar-refractivity contribution is 0.363. The van der Waals surface area contributed by atoms with E-state index >= 15 is 0 Å². The molecule has 21 heavy (non-hydrogen) atoms. The molecular weight excluding hydrogens is 261 g/mol. The quantitative estimate of drug-likeness (QED) is 0.802. The van der Waals surface area contributed by atoms with Gasteiger partial charge in [-0.05, 0) is 47.9 Å². The monoisotopic (exact) mass is 283 g/mol. The first-order valence-electron chi connectivity index (χ1n) is 7.75. The Morgan fingerprint density at radius 3 is 2.38 bits per heavy atom. The highest BCUT2D eigenvalue weighted by atomic mass is 19.1. The third kappa shape index (κ3) is 2.94. The van der Waals surface area contributed by atoms with E-state index in [0.717, 1.165) is 18.4 Å². The molecule has 0 heterocycles. The van der Waals surface area contributed by atoms with Crippen molar-refractivity contribution < 1.29 is 4.39 Å². The van der Waals surface area contributed by atoms with Gasteiger partial charge in [0, 0.05) is 11.7 Å². The van der Waals surface area contributed by atoms with Gasteiger partial charge in [0.2, 0.25) is 0 Å². The van der Waals surface area contributed by atoms with Crippen molar-refractivity contribution in [3.63, 3.8) is 0 Å². The maximum Gasteiger partial charge on any atom is 0.126 e. The SMILES string of the molecule is CC(C)c1ccccc1NC1CC(c2ccccc2F)C1. The number of para-hydroxylation sites is 1. The summed E-state index contributed by atoms with van der Waals surface area (Å²) in [4.78, 5) is 0. The molecule has 0 aromatic heterocycles. The third-order valence-electron chi connectivity index (χ3n) is 4.43. The maximum absolute atomic E-state index is 13.8. The standard InChI is InChI=1S/C19H22FN/c1-13(2)16-7-4-6-10-19(16)21-15-11-14(12-15)17-8-3-5-9-18(17)20/h3-10,13-15,21H,11-12H2,1-2H3. The first kappa shape index (κ1) is 14.1. The fourth-order valence-corrected chi connectivity index (χ4v) is 3.15. The van der Waals surface area contributed by atoms with Gasteiger partial charge in [0.25, 0.3) is 0 Å². The summed E-state index contributed by atoms with van der Waals surface area (Å²) in [5.41, 5.74) is 3.45. The molecule has 1 aliphatic rings. The highest BCUT2D eigenvalue weighted by molar-refractivity contribution is 5.53. The Hall–Kier alpha value is -1.83. The largest absolute Gasteiger partial charge is 0.382 e. The fourth-order valence-electron chi connectivity index (χ4n) is 3.15. The van der Waals surface area contributed by atoms with Gasteiger partial charge in [0.05, 0.1) is 0 Å². The minimum Gasteiger partial charge on any atom is -0.382 e.